The molecule has 1 aliphatic rings. The molecular formula is C13H24N2O4. The Morgan fingerprint density at radius 2 is 1.79 bits per heavy atom. The first-order chi connectivity index (χ1) is 8.93. The van der Waals surface area contributed by atoms with Gasteiger partial charge in [0.1, 0.15) is 0 Å². The summed E-state index contributed by atoms with van der Waals surface area (Å²) in [6.45, 7) is 3.77. The molecule has 6 heteroatoms. The number of aliphatic hydroxyl groups excluding tert-OH is 1. The van der Waals surface area contributed by atoms with Crippen LogP contribution in [0.5, 0.6) is 0 Å². The van der Waals surface area contributed by atoms with Crippen molar-refractivity contribution in [3.05, 3.63) is 0 Å². The summed E-state index contributed by atoms with van der Waals surface area (Å²) < 4.78 is 0. The van der Waals surface area contributed by atoms with Gasteiger partial charge in [0.15, 0.2) is 0 Å². The molecule has 0 radical (unpaired) electrons. The minimum atomic E-state index is -0.747. The lowest BCUT2D eigenvalue weighted by Gasteiger charge is -2.28. The first-order valence-corrected chi connectivity index (χ1v) is 6.84. The molecule has 19 heavy (non-hydrogen) atoms. The van der Waals surface area contributed by atoms with Gasteiger partial charge in [-0.05, 0) is 31.6 Å². The van der Waals surface area contributed by atoms with Crippen LogP contribution in [-0.4, -0.2) is 40.9 Å². The van der Waals surface area contributed by atoms with Crippen molar-refractivity contribution in [3.8, 4) is 0 Å². The molecule has 0 aromatic heterocycles. The van der Waals surface area contributed by atoms with E-state index in [1.165, 1.54) is 0 Å². The lowest BCUT2D eigenvalue weighted by molar-refractivity contribution is -0.142. The lowest BCUT2D eigenvalue weighted by atomic mass is 9.86. The molecule has 0 spiro atoms. The smallest absolute Gasteiger partial charge is 0.315 e. The fraction of sp³-hybridized carbons (Fsp3) is 0.846. The number of carbonyl (C=O) groups is 2. The molecule has 1 saturated carbocycles. The summed E-state index contributed by atoms with van der Waals surface area (Å²) in [5.41, 5.74) is 0. The molecule has 0 saturated heterocycles. The highest BCUT2D eigenvalue weighted by Crippen LogP contribution is 2.24. The Morgan fingerprint density at radius 1 is 1.21 bits per heavy atom. The number of rotatable bonds is 5. The third kappa shape index (κ3) is 5.06. The largest absolute Gasteiger partial charge is 0.481 e. The zero-order valence-corrected chi connectivity index (χ0v) is 11.6. The molecule has 1 rings (SSSR count). The summed E-state index contributed by atoms with van der Waals surface area (Å²) in [4.78, 5) is 22.6. The number of hydrogen-bond acceptors (Lipinski definition) is 3. The number of amides is 2. The van der Waals surface area contributed by atoms with E-state index in [1.807, 2.05) is 13.8 Å². The number of carbonyl (C=O) groups excluding carboxylic acids is 1. The number of carboxylic acid groups (broad SMARTS) is 1. The molecule has 0 unspecified atom stereocenters. The fourth-order valence-corrected chi connectivity index (χ4v) is 2.30. The highest BCUT2D eigenvalue weighted by atomic mass is 16.4. The highest BCUT2D eigenvalue weighted by molar-refractivity contribution is 5.74. The molecule has 1 atom stereocenters. The van der Waals surface area contributed by atoms with E-state index >= 15 is 0 Å². The third-order valence-corrected chi connectivity index (χ3v) is 3.73. The SMILES string of the molecule is CC(C)[C@@H](CO)NC(=O)NC1CCC(C(=O)O)CC1. The average molecular weight is 272 g/mol. The van der Waals surface area contributed by atoms with E-state index in [0.29, 0.717) is 25.7 Å². The van der Waals surface area contributed by atoms with Gasteiger partial charge in [-0.1, -0.05) is 13.8 Å². The van der Waals surface area contributed by atoms with E-state index in [0.717, 1.165) is 0 Å². The van der Waals surface area contributed by atoms with E-state index in [-0.39, 0.29) is 36.6 Å². The number of hydrogen-bond donors (Lipinski definition) is 4. The van der Waals surface area contributed by atoms with Crippen molar-refractivity contribution in [2.24, 2.45) is 11.8 Å². The van der Waals surface area contributed by atoms with Gasteiger partial charge in [-0.15, -0.1) is 0 Å². The molecule has 6 nitrogen and oxygen atoms in total. The van der Waals surface area contributed by atoms with Crippen LogP contribution in [0.2, 0.25) is 0 Å². The number of nitrogens with one attached hydrogen (secondary N) is 2. The fourth-order valence-electron chi connectivity index (χ4n) is 2.30. The second-order valence-electron chi connectivity index (χ2n) is 5.54. The zero-order valence-electron chi connectivity index (χ0n) is 11.6. The normalized spacial score (nSPS) is 24.8. The van der Waals surface area contributed by atoms with Gasteiger partial charge >= 0.3 is 12.0 Å². The minimum absolute atomic E-state index is 0.0297. The minimum Gasteiger partial charge on any atom is -0.481 e. The molecule has 4 N–H and O–H groups in total. The van der Waals surface area contributed by atoms with Crippen LogP contribution in [0.4, 0.5) is 4.79 Å². The van der Waals surface area contributed by atoms with Crippen LogP contribution in [0.15, 0.2) is 0 Å². The Kier molecular flexibility index (Phi) is 6.08. The summed E-state index contributed by atoms with van der Waals surface area (Å²) in [5, 5.41) is 23.6. The first-order valence-electron chi connectivity index (χ1n) is 6.84. The average Bonchev–Trinajstić information content (AvgIpc) is 2.36. The monoisotopic (exact) mass is 272 g/mol. The van der Waals surface area contributed by atoms with Gasteiger partial charge in [-0.25, -0.2) is 4.79 Å². The van der Waals surface area contributed by atoms with Gasteiger partial charge in [0.2, 0.25) is 0 Å². The van der Waals surface area contributed by atoms with Gasteiger partial charge in [0.25, 0.3) is 0 Å². The van der Waals surface area contributed by atoms with Crippen LogP contribution in [0.1, 0.15) is 39.5 Å². The molecule has 0 aromatic carbocycles. The van der Waals surface area contributed by atoms with Crippen molar-refractivity contribution in [1.82, 2.24) is 10.6 Å². The van der Waals surface area contributed by atoms with Gasteiger partial charge < -0.3 is 20.8 Å². The molecule has 0 bridgehead atoms. The molecule has 0 aromatic rings. The maximum Gasteiger partial charge on any atom is 0.315 e. The summed E-state index contributed by atoms with van der Waals surface area (Å²) in [6, 6.07) is -0.510. The van der Waals surface area contributed by atoms with Gasteiger partial charge in [-0.2, -0.15) is 0 Å². The summed E-state index contributed by atoms with van der Waals surface area (Å²) in [5.74, 6) is -0.858. The predicted octanol–water partition coefficient (Wildman–Crippen LogP) is 0.946. The zero-order chi connectivity index (χ0) is 14.4. The molecule has 110 valence electrons. The first kappa shape index (κ1) is 15.8. The Bertz CT molecular complexity index is 312. The van der Waals surface area contributed by atoms with E-state index < -0.39 is 5.97 Å². The van der Waals surface area contributed by atoms with Gasteiger partial charge in [0.05, 0.1) is 18.6 Å². The Hall–Kier alpha value is -1.30. The number of carboxylic acids is 1. The molecule has 1 fully saturated rings. The second kappa shape index (κ2) is 7.33. The van der Waals surface area contributed by atoms with E-state index in [2.05, 4.69) is 10.6 Å². The van der Waals surface area contributed by atoms with Crippen LogP contribution in [0, 0.1) is 11.8 Å². The second-order valence-corrected chi connectivity index (χ2v) is 5.54. The van der Waals surface area contributed by atoms with Crippen molar-refractivity contribution < 1.29 is 19.8 Å². The van der Waals surface area contributed by atoms with Crippen molar-refractivity contribution in [1.29, 1.82) is 0 Å². The van der Waals surface area contributed by atoms with Crippen LogP contribution in [0.25, 0.3) is 0 Å². The highest BCUT2D eigenvalue weighted by Gasteiger charge is 2.27. The predicted molar refractivity (Wildman–Crippen MR) is 70.8 cm³/mol. The van der Waals surface area contributed by atoms with Crippen molar-refractivity contribution >= 4 is 12.0 Å². The number of aliphatic carboxylic acids is 1. The summed E-state index contributed by atoms with van der Waals surface area (Å²) >= 11 is 0. The van der Waals surface area contributed by atoms with Gasteiger partial charge in [0, 0.05) is 6.04 Å². The van der Waals surface area contributed by atoms with Crippen LogP contribution in [0.3, 0.4) is 0 Å². The maximum atomic E-state index is 11.8. The Morgan fingerprint density at radius 3 is 2.21 bits per heavy atom. The number of aliphatic hydroxyl groups is 1. The molecular weight excluding hydrogens is 248 g/mol. The van der Waals surface area contributed by atoms with E-state index in [9.17, 15) is 9.59 Å². The van der Waals surface area contributed by atoms with Gasteiger partial charge in [-0.3, -0.25) is 4.79 Å². The van der Waals surface area contributed by atoms with E-state index in [4.69, 9.17) is 10.2 Å². The molecule has 1 aliphatic carbocycles. The Balaban J connectivity index is 2.32. The van der Waals surface area contributed by atoms with E-state index in [1.54, 1.807) is 0 Å². The Labute approximate surface area is 113 Å². The molecule has 0 heterocycles. The van der Waals surface area contributed by atoms with Crippen LogP contribution >= 0.6 is 0 Å². The van der Waals surface area contributed by atoms with Crippen molar-refractivity contribution in [2.45, 2.75) is 51.6 Å². The quantitative estimate of drug-likeness (QED) is 0.598. The topological polar surface area (TPSA) is 98.7 Å². The van der Waals surface area contributed by atoms with Crippen LogP contribution < -0.4 is 10.6 Å². The van der Waals surface area contributed by atoms with Crippen molar-refractivity contribution in [2.75, 3.05) is 6.61 Å². The van der Waals surface area contributed by atoms with Crippen molar-refractivity contribution in [3.63, 3.8) is 0 Å². The molecule has 0 aliphatic heterocycles. The molecule has 2 amide bonds. The van der Waals surface area contributed by atoms with Crippen LogP contribution in [-0.2, 0) is 4.79 Å². The maximum absolute atomic E-state index is 11.8. The lowest BCUT2D eigenvalue weighted by Crippen LogP contribution is -2.50. The number of urea groups is 1. The third-order valence-electron chi connectivity index (χ3n) is 3.73. The standard InChI is InChI=1S/C13H24N2O4/c1-8(2)11(7-16)15-13(19)14-10-5-3-9(4-6-10)12(17)18/h8-11,16H,3-7H2,1-2H3,(H,17,18)(H2,14,15,19)/t9?,10?,11-/m1/s1. The summed E-state index contributed by atoms with van der Waals surface area (Å²) in [6.07, 6.45) is 2.59. The summed E-state index contributed by atoms with van der Waals surface area (Å²) in [7, 11) is 0.